The van der Waals surface area contributed by atoms with E-state index in [1.807, 2.05) is 22.1 Å². The molecule has 1 fully saturated rings. The van der Waals surface area contributed by atoms with Crippen LogP contribution >= 0.6 is 22.9 Å². The Balaban J connectivity index is 1.75. The van der Waals surface area contributed by atoms with Gasteiger partial charge in [0.2, 0.25) is 0 Å². The molecule has 0 atom stereocenters. The second-order valence-corrected chi connectivity index (χ2v) is 9.25. The van der Waals surface area contributed by atoms with Crippen molar-refractivity contribution in [2.24, 2.45) is 5.92 Å². The Hall–Kier alpha value is -2.16. The van der Waals surface area contributed by atoms with Gasteiger partial charge in [0, 0.05) is 17.0 Å². The van der Waals surface area contributed by atoms with E-state index >= 15 is 0 Å². The van der Waals surface area contributed by atoms with Gasteiger partial charge in [0.15, 0.2) is 11.5 Å². The highest BCUT2D eigenvalue weighted by Gasteiger charge is 2.37. The summed E-state index contributed by atoms with van der Waals surface area (Å²) < 4.78 is 43.8. The molecule has 1 aliphatic rings. The molecule has 1 saturated heterocycles. The average Bonchev–Trinajstić information content (AvgIpc) is 3.39. The molecule has 3 aromatic heterocycles. The van der Waals surface area contributed by atoms with Crippen LogP contribution in [0.3, 0.4) is 0 Å². The van der Waals surface area contributed by atoms with Crippen LogP contribution in [0.15, 0.2) is 35.7 Å². The number of fused-ring (bicyclic) bond motifs is 3. The number of benzene rings is 1. The lowest BCUT2D eigenvalue weighted by Gasteiger charge is -2.23. The summed E-state index contributed by atoms with van der Waals surface area (Å²) in [5.41, 5.74) is -0.355. The number of alkyl halides is 3. The Kier molecular flexibility index (Phi) is 5.40. The third-order valence-corrected chi connectivity index (χ3v) is 6.97. The van der Waals surface area contributed by atoms with E-state index in [0.29, 0.717) is 34.2 Å². The van der Waals surface area contributed by atoms with Gasteiger partial charge in [-0.1, -0.05) is 17.7 Å². The van der Waals surface area contributed by atoms with Crippen molar-refractivity contribution in [3.8, 4) is 10.7 Å². The zero-order valence-corrected chi connectivity index (χ0v) is 18.1. The van der Waals surface area contributed by atoms with E-state index in [1.165, 1.54) is 17.4 Å². The first-order chi connectivity index (χ1) is 14.9. The van der Waals surface area contributed by atoms with E-state index in [1.54, 1.807) is 12.1 Å². The molecule has 4 nitrogen and oxygen atoms in total. The molecular weight excluding hydrogens is 445 g/mol. The number of nitrogens with zero attached hydrogens (tertiary/aromatic N) is 3. The molecule has 1 aromatic carbocycles. The molecule has 0 saturated carbocycles. The van der Waals surface area contributed by atoms with Gasteiger partial charge in [0.05, 0.1) is 15.9 Å². The number of thiophene rings is 1. The van der Waals surface area contributed by atoms with E-state index in [0.717, 1.165) is 37.2 Å². The molecule has 0 amide bonds. The largest absolute Gasteiger partial charge is 0.435 e. The van der Waals surface area contributed by atoms with E-state index in [2.05, 4.69) is 15.3 Å². The zero-order chi connectivity index (χ0) is 21.6. The van der Waals surface area contributed by atoms with Crippen molar-refractivity contribution in [2.45, 2.75) is 32.0 Å². The number of halogens is 4. The molecule has 4 heterocycles. The normalized spacial score (nSPS) is 15.9. The maximum Gasteiger partial charge on any atom is 0.435 e. The lowest BCUT2D eigenvalue weighted by Crippen LogP contribution is -2.28. The number of imidazole rings is 1. The molecular formula is C22H20ClF3N4S. The van der Waals surface area contributed by atoms with E-state index < -0.39 is 11.9 Å². The van der Waals surface area contributed by atoms with Crippen molar-refractivity contribution in [2.75, 3.05) is 13.1 Å². The maximum atomic E-state index is 14.0. The predicted octanol–water partition coefficient (Wildman–Crippen LogP) is 6.37. The minimum atomic E-state index is -4.62. The summed E-state index contributed by atoms with van der Waals surface area (Å²) in [5, 5.41) is 6.26. The molecule has 0 radical (unpaired) electrons. The van der Waals surface area contributed by atoms with E-state index in [-0.39, 0.29) is 11.0 Å². The van der Waals surface area contributed by atoms with Gasteiger partial charge in [-0.2, -0.15) is 13.2 Å². The Bertz CT molecular complexity index is 1230. The number of nitrogens with one attached hydrogen (secondary N) is 1. The molecule has 0 spiro atoms. The molecule has 0 bridgehead atoms. The van der Waals surface area contributed by atoms with Crippen molar-refractivity contribution >= 4 is 44.9 Å². The number of hydrogen-bond acceptors (Lipinski definition) is 4. The first-order valence-electron chi connectivity index (χ1n) is 10.2. The highest BCUT2D eigenvalue weighted by molar-refractivity contribution is 7.13. The van der Waals surface area contributed by atoms with E-state index in [4.69, 9.17) is 11.6 Å². The van der Waals surface area contributed by atoms with Crippen LogP contribution < -0.4 is 5.32 Å². The van der Waals surface area contributed by atoms with Gasteiger partial charge in [0.25, 0.3) is 0 Å². The molecule has 4 aromatic rings. The Morgan fingerprint density at radius 1 is 1.16 bits per heavy atom. The number of piperidine rings is 1. The van der Waals surface area contributed by atoms with Gasteiger partial charge < -0.3 is 9.88 Å². The summed E-state index contributed by atoms with van der Waals surface area (Å²) in [6, 6.07) is 8.70. The van der Waals surface area contributed by atoms with Gasteiger partial charge >= 0.3 is 6.18 Å². The van der Waals surface area contributed by atoms with Gasteiger partial charge in [0.1, 0.15) is 5.52 Å². The van der Waals surface area contributed by atoms with Crippen LogP contribution in [0.25, 0.3) is 32.6 Å². The van der Waals surface area contributed by atoms with Crippen LogP contribution in [-0.2, 0) is 12.7 Å². The van der Waals surface area contributed by atoms with Crippen LogP contribution in [0.1, 0.15) is 25.0 Å². The van der Waals surface area contributed by atoms with Gasteiger partial charge in [-0.05, 0) is 67.9 Å². The van der Waals surface area contributed by atoms with E-state index in [9.17, 15) is 13.2 Å². The summed E-state index contributed by atoms with van der Waals surface area (Å²) in [5.74, 6) is 1.10. The monoisotopic (exact) mass is 464 g/mol. The summed E-state index contributed by atoms with van der Waals surface area (Å²) in [6.07, 6.45) is -1.57. The minimum absolute atomic E-state index is 0.101. The molecule has 162 valence electrons. The molecule has 0 aliphatic carbocycles. The van der Waals surface area contributed by atoms with Crippen LogP contribution in [0.4, 0.5) is 13.2 Å². The minimum Gasteiger partial charge on any atom is -0.323 e. The Morgan fingerprint density at radius 3 is 2.68 bits per heavy atom. The SMILES string of the molecule is FC(F)(F)c1nc2cc(Cl)ccc2c2c1nc(-c1cccs1)n2CCC1CCNCC1. The van der Waals surface area contributed by atoms with Crippen LogP contribution in [0, 0.1) is 5.92 Å². The second-order valence-electron chi connectivity index (χ2n) is 7.86. The highest BCUT2D eigenvalue weighted by Crippen LogP contribution is 2.40. The fourth-order valence-electron chi connectivity index (χ4n) is 4.35. The highest BCUT2D eigenvalue weighted by atomic mass is 35.5. The lowest BCUT2D eigenvalue weighted by atomic mass is 9.94. The third kappa shape index (κ3) is 3.92. The number of aryl methyl sites for hydroxylation is 1. The standard InChI is InChI=1S/C22H20ClF3N4S/c23-14-3-4-15-16(12-14)28-20(22(24,25)26)18-19(15)30(10-7-13-5-8-27-9-6-13)21(29-18)17-2-1-11-31-17/h1-4,11-13,27H,5-10H2. The molecule has 1 N–H and O–H groups in total. The van der Waals surface area contributed by atoms with Crippen LogP contribution in [0.2, 0.25) is 5.02 Å². The number of aromatic nitrogens is 3. The summed E-state index contributed by atoms with van der Waals surface area (Å²) in [7, 11) is 0. The van der Waals surface area contributed by atoms with Crippen molar-refractivity contribution in [3.63, 3.8) is 0 Å². The van der Waals surface area contributed by atoms with Crippen LogP contribution in [0.5, 0.6) is 0 Å². The maximum absolute atomic E-state index is 14.0. The third-order valence-electron chi connectivity index (χ3n) is 5.87. The van der Waals surface area contributed by atoms with Gasteiger partial charge in [-0.25, -0.2) is 9.97 Å². The predicted molar refractivity (Wildman–Crippen MR) is 119 cm³/mol. The van der Waals surface area contributed by atoms with Crippen molar-refractivity contribution in [3.05, 3.63) is 46.4 Å². The quantitative estimate of drug-likeness (QED) is 0.381. The molecule has 31 heavy (non-hydrogen) atoms. The zero-order valence-electron chi connectivity index (χ0n) is 16.5. The summed E-state index contributed by atoms with van der Waals surface area (Å²) >= 11 is 7.55. The van der Waals surface area contributed by atoms with Crippen molar-refractivity contribution < 1.29 is 13.2 Å². The molecule has 1 aliphatic heterocycles. The number of pyridine rings is 1. The van der Waals surface area contributed by atoms with Gasteiger partial charge in [-0.15, -0.1) is 11.3 Å². The topological polar surface area (TPSA) is 42.7 Å². The van der Waals surface area contributed by atoms with Gasteiger partial charge in [-0.3, -0.25) is 0 Å². The first kappa shape index (κ1) is 20.7. The first-order valence-corrected chi connectivity index (χ1v) is 11.5. The fraction of sp³-hybridized carbons (Fsp3) is 0.364. The fourth-order valence-corrected chi connectivity index (χ4v) is 5.24. The Labute approximate surface area is 186 Å². The second kappa shape index (κ2) is 8.07. The molecule has 9 heteroatoms. The number of hydrogen-bond donors (Lipinski definition) is 1. The van der Waals surface area contributed by atoms with Crippen molar-refractivity contribution in [1.82, 2.24) is 19.9 Å². The molecule has 0 unspecified atom stereocenters. The van der Waals surface area contributed by atoms with Crippen molar-refractivity contribution in [1.29, 1.82) is 0 Å². The summed E-state index contributed by atoms with van der Waals surface area (Å²) in [4.78, 5) is 9.28. The lowest BCUT2D eigenvalue weighted by molar-refractivity contribution is -0.139. The number of rotatable bonds is 4. The average molecular weight is 465 g/mol. The summed E-state index contributed by atoms with van der Waals surface area (Å²) in [6.45, 7) is 2.57. The smallest absolute Gasteiger partial charge is 0.323 e. The van der Waals surface area contributed by atoms with Crippen LogP contribution in [-0.4, -0.2) is 27.6 Å². The Morgan fingerprint density at radius 2 is 1.97 bits per heavy atom. The molecule has 5 rings (SSSR count).